The van der Waals surface area contributed by atoms with Gasteiger partial charge in [0.1, 0.15) is 9.71 Å². The Balaban J connectivity index is 2.75. The van der Waals surface area contributed by atoms with E-state index in [1.54, 1.807) is 18.4 Å². The zero-order valence-corrected chi connectivity index (χ0v) is 14.9. The number of nitrogens with zero attached hydrogens (tertiary/aromatic N) is 2. The van der Waals surface area contributed by atoms with Gasteiger partial charge in [0.25, 0.3) is 5.56 Å². The molecule has 0 saturated carbocycles. The zero-order chi connectivity index (χ0) is 17.3. The number of carbonyl (C=O) groups excluding carboxylic acids is 1. The van der Waals surface area contributed by atoms with Gasteiger partial charge in [0.2, 0.25) is 0 Å². The van der Waals surface area contributed by atoms with Crippen LogP contribution in [0.2, 0.25) is 0 Å². The third-order valence-electron chi connectivity index (χ3n) is 3.71. The molecule has 0 spiro atoms. The van der Waals surface area contributed by atoms with E-state index >= 15 is 0 Å². The van der Waals surface area contributed by atoms with Gasteiger partial charge in [-0.05, 0) is 19.4 Å². The summed E-state index contributed by atoms with van der Waals surface area (Å²) in [4.78, 5) is 39.1. The summed E-state index contributed by atoms with van der Waals surface area (Å²) in [6.07, 6.45) is 0. The van der Waals surface area contributed by atoms with E-state index in [0.717, 1.165) is 22.4 Å². The van der Waals surface area contributed by atoms with Crippen LogP contribution in [-0.4, -0.2) is 42.4 Å². The van der Waals surface area contributed by atoms with Crippen LogP contribution in [0.15, 0.2) is 9.59 Å². The summed E-state index contributed by atoms with van der Waals surface area (Å²) in [5.74, 6) is -0.453. The van der Waals surface area contributed by atoms with Gasteiger partial charge in [-0.2, -0.15) is 0 Å². The van der Waals surface area contributed by atoms with Gasteiger partial charge in [-0.1, -0.05) is 0 Å². The number of fused-ring (bicyclic) bond motifs is 1. The SMILES string of the molecule is CCOC(=O)c1sc2c(c1C)c(=O)n(C)c(=O)n2CC[NH+](C)C. The van der Waals surface area contributed by atoms with Crippen molar-refractivity contribution in [3.8, 4) is 0 Å². The van der Waals surface area contributed by atoms with Crippen molar-refractivity contribution in [1.82, 2.24) is 9.13 Å². The molecule has 0 saturated heterocycles. The molecule has 8 heteroatoms. The van der Waals surface area contributed by atoms with Crippen molar-refractivity contribution in [3.63, 3.8) is 0 Å². The summed E-state index contributed by atoms with van der Waals surface area (Å²) in [5.41, 5.74) is -0.154. The molecule has 0 aliphatic carbocycles. The standard InChI is InChI=1S/C15H21N3O4S/c1-6-22-14(20)11-9(2)10-12(19)17(5)15(21)18(13(10)23-11)8-7-16(3)4/h6-8H2,1-5H3/p+1. The van der Waals surface area contributed by atoms with E-state index in [0.29, 0.717) is 27.2 Å². The number of ether oxygens (including phenoxy) is 1. The molecule has 0 aromatic carbocycles. The highest BCUT2D eigenvalue weighted by molar-refractivity contribution is 7.20. The summed E-state index contributed by atoms with van der Waals surface area (Å²) in [7, 11) is 5.45. The van der Waals surface area contributed by atoms with Crippen molar-refractivity contribution in [2.75, 3.05) is 27.2 Å². The summed E-state index contributed by atoms with van der Waals surface area (Å²) >= 11 is 1.15. The smallest absolute Gasteiger partial charge is 0.348 e. The molecule has 0 radical (unpaired) electrons. The van der Waals surface area contributed by atoms with E-state index in [4.69, 9.17) is 4.74 Å². The minimum atomic E-state index is -0.453. The average molecular weight is 340 g/mol. The Morgan fingerprint density at radius 1 is 1.30 bits per heavy atom. The lowest BCUT2D eigenvalue weighted by Crippen LogP contribution is -3.06. The number of likely N-dealkylation sites (N-methyl/N-ethyl adjacent to an activating group) is 1. The van der Waals surface area contributed by atoms with Crippen molar-refractivity contribution in [2.45, 2.75) is 20.4 Å². The molecule has 0 amide bonds. The van der Waals surface area contributed by atoms with Gasteiger partial charge < -0.3 is 9.64 Å². The molecule has 0 unspecified atom stereocenters. The summed E-state index contributed by atoms with van der Waals surface area (Å²) < 4.78 is 7.72. The molecular formula is C15H22N3O4S+. The first-order chi connectivity index (χ1) is 10.8. The Morgan fingerprint density at radius 3 is 2.52 bits per heavy atom. The van der Waals surface area contributed by atoms with Gasteiger partial charge in [0, 0.05) is 7.05 Å². The van der Waals surface area contributed by atoms with E-state index < -0.39 is 5.97 Å². The van der Waals surface area contributed by atoms with Crippen LogP contribution in [0.5, 0.6) is 0 Å². The van der Waals surface area contributed by atoms with Gasteiger partial charge in [-0.3, -0.25) is 13.9 Å². The predicted molar refractivity (Wildman–Crippen MR) is 89.7 cm³/mol. The van der Waals surface area contributed by atoms with Crippen LogP contribution in [0.4, 0.5) is 0 Å². The third kappa shape index (κ3) is 3.09. The van der Waals surface area contributed by atoms with E-state index in [-0.39, 0.29) is 17.9 Å². The van der Waals surface area contributed by atoms with E-state index in [1.165, 1.54) is 11.9 Å². The molecule has 1 N–H and O–H groups in total. The van der Waals surface area contributed by atoms with Crippen LogP contribution >= 0.6 is 11.3 Å². The largest absolute Gasteiger partial charge is 0.462 e. The molecule has 0 atom stereocenters. The minimum absolute atomic E-state index is 0.265. The van der Waals surface area contributed by atoms with Gasteiger partial charge in [-0.15, -0.1) is 11.3 Å². The van der Waals surface area contributed by atoms with Crippen LogP contribution in [0.25, 0.3) is 10.2 Å². The number of carbonyl (C=O) groups is 1. The highest BCUT2D eigenvalue weighted by atomic mass is 32.1. The monoisotopic (exact) mass is 340 g/mol. The fourth-order valence-electron chi connectivity index (χ4n) is 2.39. The topological polar surface area (TPSA) is 74.7 Å². The van der Waals surface area contributed by atoms with E-state index in [2.05, 4.69) is 0 Å². The zero-order valence-electron chi connectivity index (χ0n) is 14.1. The number of esters is 1. The first kappa shape index (κ1) is 17.4. The average Bonchev–Trinajstić information content (AvgIpc) is 2.82. The van der Waals surface area contributed by atoms with Gasteiger partial charge >= 0.3 is 11.7 Å². The van der Waals surface area contributed by atoms with Crippen LogP contribution in [0.1, 0.15) is 22.2 Å². The normalized spacial score (nSPS) is 11.4. The van der Waals surface area contributed by atoms with Crippen molar-refractivity contribution in [3.05, 3.63) is 31.3 Å². The first-order valence-electron chi connectivity index (χ1n) is 7.48. The second-order valence-electron chi connectivity index (χ2n) is 5.71. The third-order valence-corrected chi connectivity index (χ3v) is 5.00. The molecule has 23 heavy (non-hydrogen) atoms. The number of quaternary nitrogens is 1. The van der Waals surface area contributed by atoms with Gasteiger partial charge in [-0.25, -0.2) is 9.59 Å². The van der Waals surface area contributed by atoms with E-state index in [1.807, 2.05) is 14.1 Å². The molecule has 7 nitrogen and oxygen atoms in total. The number of rotatable bonds is 5. The van der Waals surface area contributed by atoms with Gasteiger partial charge in [0.05, 0.1) is 39.2 Å². The second kappa shape index (κ2) is 6.67. The molecule has 0 aliphatic rings. The van der Waals surface area contributed by atoms with Crippen molar-refractivity contribution in [1.29, 1.82) is 0 Å². The lowest BCUT2D eigenvalue weighted by atomic mass is 10.2. The van der Waals surface area contributed by atoms with Crippen molar-refractivity contribution < 1.29 is 14.4 Å². The van der Waals surface area contributed by atoms with Crippen LogP contribution < -0.4 is 16.1 Å². The maximum absolute atomic E-state index is 12.5. The van der Waals surface area contributed by atoms with Crippen LogP contribution in [0.3, 0.4) is 0 Å². The number of hydrogen-bond acceptors (Lipinski definition) is 5. The molecule has 0 aliphatic heterocycles. The van der Waals surface area contributed by atoms with Gasteiger partial charge in [0.15, 0.2) is 0 Å². The number of thiophene rings is 1. The molecule has 2 rings (SSSR count). The highest BCUT2D eigenvalue weighted by Gasteiger charge is 2.23. The minimum Gasteiger partial charge on any atom is -0.462 e. The molecular weight excluding hydrogens is 318 g/mol. The number of hydrogen-bond donors (Lipinski definition) is 1. The number of aryl methyl sites for hydroxylation is 1. The molecule has 2 aromatic rings. The highest BCUT2D eigenvalue weighted by Crippen LogP contribution is 2.28. The van der Waals surface area contributed by atoms with Crippen molar-refractivity contribution in [2.24, 2.45) is 7.05 Å². The Morgan fingerprint density at radius 2 is 1.96 bits per heavy atom. The Kier molecular flexibility index (Phi) is 5.06. The van der Waals surface area contributed by atoms with E-state index in [9.17, 15) is 14.4 Å². The molecule has 2 aromatic heterocycles. The summed E-state index contributed by atoms with van der Waals surface area (Å²) in [6.45, 7) is 4.93. The fraction of sp³-hybridized carbons (Fsp3) is 0.533. The Hall–Kier alpha value is -1.93. The molecule has 126 valence electrons. The molecule has 0 bridgehead atoms. The maximum Gasteiger partial charge on any atom is 0.348 e. The maximum atomic E-state index is 12.5. The number of aromatic nitrogens is 2. The Labute approximate surface area is 137 Å². The quantitative estimate of drug-likeness (QED) is 0.737. The second-order valence-corrected chi connectivity index (χ2v) is 6.71. The first-order valence-corrected chi connectivity index (χ1v) is 8.30. The predicted octanol–water partition coefficient (Wildman–Crippen LogP) is -0.609. The van der Waals surface area contributed by atoms with Crippen LogP contribution in [0, 0.1) is 6.92 Å². The summed E-state index contributed by atoms with van der Waals surface area (Å²) in [6, 6.07) is 0. The molecule has 0 fully saturated rings. The lowest BCUT2D eigenvalue weighted by Gasteiger charge is -2.11. The molecule has 2 heterocycles. The number of nitrogens with one attached hydrogen (secondary N) is 1. The Bertz CT molecular complexity index is 860. The van der Waals surface area contributed by atoms with Crippen molar-refractivity contribution >= 4 is 27.5 Å². The fourth-order valence-corrected chi connectivity index (χ4v) is 3.60. The van der Waals surface area contributed by atoms with Crippen LogP contribution in [-0.2, 0) is 18.3 Å². The lowest BCUT2D eigenvalue weighted by molar-refractivity contribution is -0.858. The summed E-state index contributed by atoms with van der Waals surface area (Å²) in [5, 5.41) is 0.425.